The summed E-state index contributed by atoms with van der Waals surface area (Å²) in [7, 11) is 0. The zero-order valence-electron chi connectivity index (χ0n) is 12.8. The molecule has 1 heterocycles. The molecule has 2 rings (SSSR count). The standard InChI is InChI=1S/C16H21BrN2O2/c1-5-12-16(21)19(14(9(2)3)15(20)18-12)13-8-6-7-11(17)10(13)4/h6-9,12,14H,5H2,1-4H3,(H,18,20). The molecule has 1 fully saturated rings. The largest absolute Gasteiger partial charge is 0.342 e. The number of hydrogen-bond donors (Lipinski definition) is 1. The Labute approximate surface area is 134 Å². The minimum Gasteiger partial charge on any atom is -0.342 e. The van der Waals surface area contributed by atoms with Crippen LogP contribution in [0.4, 0.5) is 5.69 Å². The summed E-state index contributed by atoms with van der Waals surface area (Å²) in [5.41, 5.74) is 1.78. The maximum Gasteiger partial charge on any atom is 0.250 e. The highest BCUT2D eigenvalue weighted by Crippen LogP contribution is 2.32. The van der Waals surface area contributed by atoms with Crippen molar-refractivity contribution >= 4 is 33.4 Å². The van der Waals surface area contributed by atoms with E-state index in [0.717, 1.165) is 15.7 Å². The number of nitrogens with one attached hydrogen (secondary N) is 1. The van der Waals surface area contributed by atoms with E-state index in [1.165, 1.54) is 0 Å². The molecule has 1 aromatic carbocycles. The molecule has 0 radical (unpaired) electrons. The van der Waals surface area contributed by atoms with Crippen molar-refractivity contribution in [1.82, 2.24) is 5.32 Å². The lowest BCUT2D eigenvalue weighted by Crippen LogP contribution is -2.65. The van der Waals surface area contributed by atoms with Crippen LogP contribution in [0.15, 0.2) is 22.7 Å². The highest BCUT2D eigenvalue weighted by molar-refractivity contribution is 9.10. The fraction of sp³-hybridized carbons (Fsp3) is 0.500. The summed E-state index contributed by atoms with van der Waals surface area (Å²) in [6.07, 6.45) is 0.596. The van der Waals surface area contributed by atoms with E-state index in [1.807, 2.05) is 45.9 Å². The molecule has 1 N–H and O–H groups in total. The summed E-state index contributed by atoms with van der Waals surface area (Å²) in [5, 5.41) is 2.84. The molecule has 0 aliphatic carbocycles. The highest BCUT2D eigenvalue weighted by atomic mass is 79.9. The first-order valence-electron chi connectivity index (χ1n) is 7.27. The van der Waals surface area contributed by atoms with Crippen molar-refractivity contribution < 1.29 is 9.59 Å². The highest BCUT2D eigenvalue weighted by Gasteiger charge is 2.42. The van der Waals surface area contributed by atoms with Crippen LogP contribution in [0.1, 0.15) is 32.8 Å². The van der Waals surface area contributed by atoms with Gasteiger partial charge in [0.25, 0.3) is 0 Å². The smallest absolute Gasteiger partial charge is 0.250 e. The second kappa shape index (κ2) is 6.18. The van der Waals surface area contributed by atoms with Crippen LogP contribution in [0.2, 0.25) is 0 Å². The molecule has 2 amide bonds. The fourth-order valence-corrected chi connectivity index (χ4v) is 3.10. The van der Waals surface area contributed by atoms with Gasteiger partial charge in [0.05, 0.1) is 0 Å². The van der Waals surface area contributed by atoms with Gasteiger partial charge in [0, 0.05) is 10.2 Å². The van der Waals surface area contributed by atoms with Gasteiger partial charge in [-0.15, -0.1) is 0 Å². The van der Waals surface area contributed by atoms with Gasteiger partial charge >= 0.3 is 0 Å². The Kier molecular flexibility index (Phi) is 4.71. The van der Waals surface area contributed by atoms with E-state index in [4.69, 9.17) is 0 Å². The lowest BCUT2D eigenvalue weighted by molar-refractivity contribution is -0.134. The summed E-state index contributed by atoms with van der Waals surface area (Å²) in [4.78, 5) is 26.9. The number of benzene rings is 1. The van der Waals surface area contributed by atoms with Crippen LogP contribution in [0.25, 0.3) is 0 Å². The van der Waals surface area contributed by atoms with Crippen molar-refractivity contribution in [2.45, 2.75) is 46.2 Å². The number of hydrogen-bond acceptors (Lipinski definition) is 2. The summed E-state index contributed by atoms with van der Waals surface area (Å²) in [5.74, 6) is -0.0574. The number of carbonyl (C=O) groups excluding carboxylic acids is 2. The molecule has 0 spiro atoms. The number of amides is 2. The molecule has 2 atom stereocenters. The van der Waals surface area contributed by atoms with Crippen LogP contribution in [-0.4, -0.2) is 23.9 Å². The summed E-state index contributed by atoms with van der Waals surface area (Å²) in [6, 6.07) is 4.83. The first kappa shape index (κ1) is 16.0. The third-order valence-corrected chi connectivity index (χ3v) is 4.80. The lowest BCUT2D eigenvalue weighted by atomic mass is 9.94. The molecule has 1 aromatic rings. The van der Waals surface area contributed by atoms with E-state index in [0.29, 0.717) is 6.42 Å². The summed E-state index contributed by atoms with van der Waals surface area (Å²) < 4.78 is 0.939. The monoisotopic (exact) mass is 352 g/mol. The molecule has 0 saturated carbocycles. The molecule has 0 aromatic heterocycles. The van der Waals surface area contributed by atoms with E-state index < -0.39 is 12.1 Å². The third-order valence-electron chi connectivity index (χ3n) is 3.94. The predicted octanol–water partition coefficient (Wildman–Crippen LogP) is 3.02. The van der Waals surface area contributed by atoms with E-state index in [-0.39, 0.29) is 17.7 Å². The van der Waals surface area contributed by atoms with E-state index >= 15 is 0 Å². The molecule has 114 valence electrons. The first-order chi connectivity index (χ1) is 9.88. The van der Waals surface area contributed by atoms with Crippen LogP contribution < -0.4 is 10.2 Å². The number of halogens is 1. The lowest BCUT2D eigenvalue weighted by Gasteiger charge is -2.41. The second-order valence-corrected chi connectivity index (χ2v) is 6.60. The third kappa shape index (κ3) is 2.84. The van der Waals surface area contributed by atoms with Crippen LogP contribution in [-0.2, 0) is 9.59 Å². The number of carbonyl (C=O) groups is 2. The van der Waals surface area contributed by atoms with Crippen molar-refractivity contribution in [2.24, 2.45) is 5.92 Å². The summed E-state index contributed by atoms with van der Waals surface area (Å²) in [6.45, 7) is 7.79. The van der Waals surface area contributed by atoms with Crippen molar-refractivity contribution in [3.05, 3.63) is 28.2 Å². The SMILES string of the molecule is CCC1NC(=O)C(C(C)C)N(c2cccc(Br)c2C)C1=O. The van der Waals surface area contributed by atoms with Gasteiger partial charge in [0.1, 0.15) is 12.1 Å². The molecule has 5 heteroatoms. The number of nitrogens with zero attached hydrogens (tertiary/aromatic N) is 1. The zero-order valence-corrected chi connectivity index (χ0v) is 14.4. The van der Waals surface area contributed by atoms with Crippen LogP contribution in [0.3, 0.4) is 0 Å². The van der Waals surface area contributed by atoms with Crippen molar-refractivity contribution in [2.75, 3.05) is 4.90 Å². The normalized spacial score (nSPS) is 22.7. The Morgan fingerprint density at radius 3 is 2.57 bits per heavy atom. The molecular weight excluding hydrogens is 332 g/mol. The second-order valence-electron chi connectivity index (χ2n) is 5.75. The van der Waals surface area contributed by atoms with Gasteiger partial charge in [-0.3, -0.25) is 14.5 Å². The maximum atomic E-state index is 12.8. The molecule has 1 saturated heterocycles. The quantitative estimate of drug-likeness (QED) is 0.908. The molecule has 2 unspecified atom stereocenters. The molecule has 1 aliphatic heterocycles. The van der Waals surface area contributed by atoms with Crippen molar-refractivity contribution in [3.63, 3.8) is 0 Å². The van der Waals surface area contributed by atoms with Gasteiger partial charge in [-0.2, -0.15) is 0 Å². The maximum absolute atomic E-state index is 12.8. The first-order valence-corrected chi connectivity index (χ1v) is 8.06. The van der Waals surface area contributed by atoms with Crippen molar-refractivity contribution in [3.8, 4) is 0 Å². The Morgan fingerprint density at radius 1 is 1.33 bits per heavy atom. The average molecular weight is 353 g/mol. The minimum atomic E-state index is -0.465. The number of piperazine rings is 1. The Hall–Kier alpha value is -1.36. The molecular formula is C16H21BrN2O2. The van der Waals surface area contributed by atoms with Crippen LogP contribution in [0.5, 0.6) is 0 Å². The van der Waals surface area contributed by atoms with Crippen LogP contribution in [0, 0.1) is 12.8 Å². The van der Waals surface area contributed by atoms with Gasteiger partial charge in [0.15, 0.2) is 0 Å². The Balaban J connectivity index is 2.55. The average Bonchev–Trinajstić information content (AvgIpc) is 2.43. The van der Waals surface area contributed by atoms with Gasteiger partial charge in [0.2, 0.25) is 11.8 Å². The number of rotatable bonds is 3. The van der Waals surface area contributed by atoms with E-state index in [9.17, 15) is 9.59 Å². The molecule has 0 bridgehead atoms. The van der Waals surface area contributed by atoms with Gasteiger partial charge < -0.3 is 5.32 Å². The molecule has 21 heavy (non-hydrogen) atoms. The Bertz CT molecular complexity index is 571. The fourth-order valence-electron chi connectivity index (χ4n) is 2.74. The zero-order chi connectivity index (χ0) is 15.7. The molecule has 4 nitrogen and oxygen atoms in total. The topological polar surface area (TPSA) is 49.4 Å². The minimum absolute atomic E-state index is 0.0306. The van der Waals surface area contributed by atoms with Gasteiger partial charge in [-0.1, -0.05) is 42.8 Å². The van der Waals surface area contributed by atoms with Crippen LogP contribution >= 0.6 is 15.9 Å². The summed E-state index contributed by atoms with van der Waals surface area (Å²) >= 11 is 3.50. The van der Waals surface area contributed by atoms with E-state index in [2.05, 4.69) is 21.2 Å². The Morgan fingerprint density at radius 2 is 2.00 bits per heavy atom. The van der Waals surface area contributed by atoms with E-state index in [1.54, 1.807) is 4.90 Å². The van der Waals surface area contributed by atoms with Gasteiger partial charge in [-0.25, -0.2) is 0 Å². The number of anilines is 1. The van der Waals surface area contributed by atoms with Crippen molar-refractivity contribution in [1.29, 1.82) is 0 Å². The molecule has 1 aliphatic rings. The van der Waals surface area contributed by atoms with Gasteiger partial charge in [-0.05, 0) is 37.0 Å². The predicted molar refractivity (Wildman–Crippen MR) is 87.2 cm³/mol.